The Bertz CT molecular complexity index is 743. The molecule has 4 rings (SSSR count). The molecule has 0 aromatic rings. The average Bonchev–Trinajstić information content (AvgIpc) is 2.72. The minimum atomic E-state index is -1.38. The number of Topliss-reactive ketones (excluding diaryl/α,β-unsaturated/α-hetero) is 1. The van der Waals surface area contributed by atoms with Gasteiger partial charge in [-0.2, -0.15) is 0 Å². The Morgan fingerprint density at radius 1 is 1.11 bits per heavy atom. The Morgan fingerprint density at radius 3 is 2.36 bits per heavy atom. The van der Waals surface area contributed by atoms with Crippen LogP contribution in [0.4, 0.5) is 0 Å². The van der Waals surface area contributed by atoms with E-state index in [1.54, 1.807) is 0 Å². The summed E-state index contributed by atoms with van der Waals surface area (Å²) in [6.45, 7) is 11.5. The molecule has 4 aliphatic carbocycles. The monoisotopic (exact) mass is 392 g/mol. The molecule has 6 nitrogen and oxygen atoms in total. The van der Waals surface area contributed by atoms with Crippen LogP contribution in [0.1, 0.15) is 53.4 Å². The highest BCUT2D eigenvalue weighted by Crippen LogP contribution is 2.71. The minimum Gasteiger partial charge on any atom is -0.462 e. The maximum absolute atomic E-state index is 13.4. The van der Waals surface area contributed by atoms with E-state index in [-0.39, 0.29) is 22.7 Å². The van der Waals surface area contributed by atoms with Crippen molar-refractivity contribution in [2.75, 3.05) is 0 Å². The number of ketones is 1. The van der Waals surface area contributed by atoms with Crippen molar-refractivity contribution in [3.05, 3.63) is 12.2 Å². The number of hydrogen-bond acceptors (Lipinski definition) is 6. The fourth-order valence-electron chi connectivity index (χ4n) is 7.64. The van der Waals surface area contributed by atoms with Gasteiger partial charge in [0.15, 0.2) is 5.78 Å². The van der Waals surface area contributed by atoms with Gasteiger partial charge in [0.25, 0.3) is 0 Å². The fraction of sp³-hybridized carbons (Fsp3) is 0.818. The standard InChI is InChI=1S/C22H32O6/c1-10-17-12(28-11(2)23)8-14-21(5)13(20(3,4)7-6-15(21)24)9-16(25)22(14,18(10)26)19(17)27/h12-17,19,24-25,27H,1,6-9H2,2-5H3/t12?,13?,14?,15?,16?,17?,19?,21-,22+/m1/s1. The van der Waals surface area contributed by atoms with Crippen LogP contribution in [-0.2, 0) is 14.3 Å². The highest BCUT2D eigenvalue weighted by atomic mass is 16.5. The third-order valence-corrected chi connectivity index (χ3v) is 8.91. The highest BCUT2D eigenvalue weighted by molar-refractivity contribution is 6.04. The maximum atomic E-state index is 13.4. The van der Waals surface area contributed by atoms with Crippen LogP contribution in [-0.4, -0.2) is 51.5 Å². The summed E-state index contributed by atoms with van der Waals surface area (Å²) >= 11 is 0. The van der Waals surface area contributed by atoms with E-state index in [2.05, 4.69) is 20.4 Å². The van der Waals surface area contributed by atoms with Crippen molar-refractivity contribution in [3.63, 3.8) is 0 Å². The van der Waals surface area contributed by atoms with Gasteiger partial charge in [-0.3, -0.25) is 9.59 Å². The van der Waals surface area contributed by atoms with Gasteiger partial charge in [-0.1, -0.05) is 27.4 Å². The zero-order chi connectivity index (χ0) is 20.8. The molecule has 7 unspecified atom stereocenters. The van der Waals surface area contributed by atoms with Gasteiger partial charge < -0.3 is 20.1 Å². The van der Waals surface area contributed by atoms with Gasteiger partial charge >= 0.3 is 5.97 Å². The second kappa shape index (κ2) is 5.89. The normalized spacial score (nSPS) is 52.0. The summed E-state index contributed by atoms with van der Waals surface area (Å²) in [5, 5.41) is 33.7. The molecular weight excluding hydrogens is 360 g/mol. The second-order valence-electron chi connectivity index (χ2n) is 10.4. The van der Waals surface area contributed by atoms with E-state index in [4.69, 9.17) is 4.74 Å². The largest absolute Gasteiger partial charge is 0.462 e. The molecule has 2 bridgehead atoms. The van der Waals surface area contributed by atoms with Crippen LogP contribution in [0.2, 0.25) is 0 Å². The Kier molecular flexibility index (Phi) is 4.22. The first-order valence-corrected chi connectivity index (χ1v) is 10.3. The number of carbonyl (C=O) groups excluding carboxylic acids is 2. The lowest BCUT2D eigenvalue weighted by Crippen LogP contribution is -2.71. The van der Waals surface area contributed by atoms with Crippen LogP contribution in [0.3, 0.4) is 0 Å². The van der Waals surface area contributed by atoms with Crippen LogP contribution >= 0.6 is 0 Å². The van der Waals surface area contributed by atoms with E-state index < -0.39 is 53.1 Å². The molecule has 9 atom stereocenters. The van der Waals surface area contributed by atoms with Gasteiger partial charge in [-0.15, -0.1) is 0 Å². The smallest absolute Gasteiger partial charge is 0.302 e. The molecule has 4 fully saturated rings. The molecule has 0 saturated heterocycles. The predicted octanol–water partition coefficient (Wildman–Crippen LogP) is 1.61. The lowest BCUT2D eigenvalue weighted by molar-refractivity contribution is -0.263. The molecule has 0 radical (unpaired) electrons. The molecule has 4 aliphatic rings. The van der Waals surface area contributed by atoms with E-state index in [9.17, 15) is 24.9 Å². The van der Waals surface area contributed by atoms with E-state index in [0.29, 0.717) is 19.3 Å². The summed E-state index contributed by atoms with van der Waals surface area (Å²) in [7, 11) is 0. The number of ether oxygens (including phenoxy) is 1. The van der Waals surface area contributed by atoms with Crippen molar-refractivity contribution >= 4 is 11.8 Å². The summed E-state index contributed by atoms with van der Waals surface area (Å²) in [6.07, 6.45) is -1.37. The number of carbonyl (C=O) groups is 2. The van der Waals surface area contributed by atoms with Crippen LogP contribution in [0.25, 0.3) is 0 Å². The average molecular weight is 392 g/mol. The summed E-state index contributed by atoms with van der Waals surface area (Å²) < 4.78 is 5.53. The molecule has 1 spiro atoms. The number of fused-ring (bicyclic) bond motifs is 3. The first-order chi connectivity index (χ1) is 12.9. The molecule has 6 heteroatoms. The number of hydrogen-bond donors (Lipinski definition) is 3. The van der Waals surface area contributed by atoms with Crippen LogP contribution in [0, 0.1) is 34.0 Å². The lowest BCUT2D eigenvalue weighted by Gasteiger charge is -2.66. The van der Waals surface area contributed by atoms with Crippen molar-refractivity contribution in [2.45, 2.75) is 77.8 Å². The summed E-state index contributed by atoms with van der Waals surface area (Å²) in [4.78, 5) is 25.2. The second-order valence-corrected chi connectivity index (χ2v) is 10.4. The molecule has 156 valence electrons. The molecule has 0 aromatic heterocycles. The van der Waals surface area contributed by atoms with Crippen LogP contribution < -0.4 is 0 Å². The molecule has 0 amide bonds. The molecular formula is C22H32O6. The van der Waals surface area contributed by atoms with E-state index in [0.717, 1.165) is 6.42 Å². The summed E-state index contributed by atoms with van der Waals surface area (Å²) in [5.74, 6) is -2.01. The van der Waals surface area contributed by atoms with E-state index in [1.165, 1.54) is 6.92 Å². The molecule has 28 heavy (non-hydrogen) atoms. The molecule has 4 saturated carbocycles. The van der Waals surface area contributed by atoms with Crippen molar-refractivity contribution in [1.29, 1.82) is 0 Å². The number of aliphatic hydroxyl groups excluding tert-OH is 3. The first-order valence-electron chi connectivity index (χ1n) is 10.3. The molecule has 0 heterocycles. The number of rotatable bonds is 1. The first kappa shape index (κ1) is 20.0. The predicted molar refractivity (Wildman–Crippen MR) is 101 cm³/mol. The SMILES string of the molecule is C=C1C(=O)[C@@]23C(O)CC4C(C)(C)CCC(O)[C@@]4(C)C2CC(OC(C)=O)C1C3O. The van der Waals surface area contributed by atoms with Gasteiger partial charge in [-0.05, 0) is 48.5 Å². The van der Waals surface area contributed by atoms with Crippen LogP contribution in [0.5, 0.6) is 0 Å². The fourth-order valence-corrected chi connectivity index (χ4v) is 7.64. The van der Waals surface area contributed by atoms with E-state index in [1.807, 2.05) is 6.92 Å². The van der Waals surface area contributed by atoms with Crippen molar-refractivity contribution in [2.24, 2.45) is 34.0 Å². The third-order valence-electron chi connectivity index (χ3n) is 8.91. The van der Waals surface area contributed by atoms with Gasteiger partial charge in [0.1, 0.15) is 6.10 Å². The van der Waals surface area contributed by atoms with Gasteiger partial charge in [-0.25, -0.2) is 0 Å². The summed E-state index contributed by atoms with van der Waals surface area (Å²) in [6, 6.07) is 0. The van der Waals surface area contributed by atoms with Gasteiger partial charge in [0.05, 0.1) is 29.6 Å². The molecule has 3 N–H and O–H groups in total. The Morgan fingerprint density at radius 2 is 1.75 bits per heavy atom. The summed E-state index contributed by atoms with van der Waals surface area (Å²) in [5.41, 5.74) is -1.94. The van der Waals surface area contributed by atoms with Gasteiger partial charge in [0.2, 0.25) is 0 Å². The minimum absolute atomic E-state index is 0.0160. The number of aliphatic hydroxyl groups is 3. The Balaban J connectivity index is 1.91. The lowest BCUT2D eigenvalue weighted by atomic mass is 9.39. The third kappa shape index (κ3) is 2.14. The zero-order valence-corrected chi connectivity index (χ0v) is 17.1. The Hall–Kier alpha value is -1.24. The maximum Gasteiger partial charge on any atom is 0.302 e. The van der Waals surface area contributed by atoms with Crippen molar-refractivity contribution in [1.82, 2.24) is 0 Å². The van der Waals surface area contributed by atoms with Gasteiger partial charge in [0, 0.05) is 12.3 Å². The zero-order valence-electron chi connectivity index (χ0n) is 17.1. The Labute approximate surface area is 166 Å². The number of esters is 1. The van der Waals surface area contributed by atoms with Crippen molar-refractivity contribution < 1.29 is 29.6 Å². The van der Waals surface area contributed by atoms with Crippen molar-refractivity contribution in [3.8, 4) is 0 Å². The van der Waals surface area contributed by atoms with E-state index >= 15 is 0 Å². The van der Waals surface area contributed by atoms with Crippen LogP contribution in [0.15, 0.2) is 12.2 Å². The highest BCUT2D eigenvalue weighted by Gasteiger charge is 2.77. The quantitative estimate of drug-likeness (QED) is 0.463. The topological polar surface area (TPSA) is 104 Å². The molecule has 0 aliphatic heterocycles. The molecule has 0 aromatic carbocycles.